The van der Waals surface area contributed by atoms with E-state index in [1.54, 1.807) is 30.3 Å². The highest BCUT2D eigenvalue weighted by Crippen LogP contribution is 2.31. The van der Waals surface area contributed by atoms with E-state index in [-0.39, 0.29) is 24.6 Å². The van der Waals surface area contributed by atoms with Gasteiger partial charge in [-0.05, 0) is 47.4 Å². The number of nitrogens with one attached hydrogen (secondary N) is 1. The van der Waals surface area contributed by atoms with Crippen molar-refractivity contribution in [2.45, 2.75) is 20.0 Å². The second-order valence-corrected chi connectivity index (χ2v) is 7.46. The van der Waals surface area contributed by atoms with Gasteiger partial charge in [0.2, 0.25) is 0 Å². The number of carbonyl (C=O) groups excluding carboxylic acids is 1. The van der Waals surface area contributed by atoms with Crippen molar-refractivity contribution in [1.82, 2.24) is 5.32 Å². The Morgan fingerprint density at radius 1 is 1.13 bits per heavy atom. The number of alkyl carbamates (subject to hydrolysis) is 1. The fourth-order valence-corrected chi connectivity index (χ4v) is 2.90. The van der Waals surface area contributed by atoms with E-state index in [0.717, 1.165) is 5.56 Å². The smallest absolute Gasteiger partial charge is 0.406 e. The summed E-state index contributed by atoms with van der Waals surface area (Å²) in [5.41, 5.74) is 1.45. The van der Waals surface area contributed by atoms with Crippen molar-refractivity contribution in [3.8, 4) is 5.75 Å². The molecule has 1 unspecified atom stereocenters. The Bertz CT molecular complexity index is 870. The van der Waals surface area contributed by atoms with Crippen molar-refractivity contribution in [2.75, 3.05) is 26.9 Å². The highest BCUT2D eigenvalue weighted by molar-refractivity contribution is 6.30. The molecule has 0 aliphatic carbocycles. The van der Waals surface area contributed by atoms with Crippen LogP contribution in [0.15, 0.2) is 42.5 Å². The summed E-state index contributed by atoms with van der Waals surface area (Å²) in [5, 5.41) is 12.6. The molecule has 2 aromatic rings. The molecule has 162 valence electrons. The summed E-state index contributed by atoms with van der Waals surface area (Å²) in [6.07, 6.45) is -1.17. The fourth-order valence-electron chi connectivity index (χ4n) is 2.70. The lowest BCUT2D eigenvalue weighted by atomic mass is 9.99. The van der Waals surface area contributed by atoms with Gasteiger partial charge in [0.05, 0.1) is 25.9 Å². The maximum Gasteiger partial charge on any atom is 0.406 e. The number of amides is 1. The zero-order valence-electron chi connectivity index (χ0n) is 17.2. The molecular formula is C22H26ClNO6. The number of ether oxygens (including phenoxy) is 3. The Kier molecular flexibility index (Phi) is 8.95. The molecule has 1 amide bonds. The van der Waals surface area contributed by atoms with E-state index in [1.807, 2.05) is 19.9 Å². The summed E-state index contributed by atoms with van der Waals surface area (Å²) >= 11 is 6.15. The second kappa shape index (κ2) is 11.4. The summed E-state index contributed by atoms with van der Waals surface area (Å²) in [7, 11) is 1.28. The topological polar surface area (TPSA) is 94.1 Å². The molecule has 0 aliphatic heterocycles. The van der Waals surface area contributed by atoms with Crippen LogP contribution < -0.4 is 10.1 Å². The Morgan fingerprint density at radius 2 is 1.90 bits per heavy atom. The van der Waals surface area contributed by atoms with Crippen molar-refractivity contribution in [3.05, 3.63) is 64.2 Å². The maximum atomic E-state index is 11.6. The van der Waals surface area contributed by atoms with Gasteiger partial charge in [0, 0.05) is 11.6 Å². The van der Waals surface area contributed by atoms with Gasteiger partial charge in [-0.2, -0.15) is 0 Å². The SMILES string of the molecule is COC(=O)NCCOC(c1cccc(Cl)c1)c1cc(OCC(C)C)cc(C(=O)O)c1. The lowest BCUT2D eigenvalue weighted by Crippen LogP contribution is -2.27. The third-order valence-electron chi connectivity index (χ3n) is 4.05. The molecule has 0 spiro atoms. The predicted octanol–water partition coefficient (Wildman–Crippen LogP) is 4.54. The van der Waals surface area contributed by atoms with E-state index in [4.69, 9.17) is 21.1 Å². The Hall–Kier alpha value is -2.77. The Morgan fingerprint density at radius 3 is 2.53 bits per heavy atom. The third kappa shape index (κ3) is 7.24. The van der Waals surface area contributed by atoms with Gasteiger partial charge in [-0.3, -0.25) is 0 Å². The van der Waals surface area contributed by atoms with Gasteiger partial charge in [0.1, 0.15) is 11.9 Å². The third-order valence-corrected chi connectivity index (χ3v) is 4.29. The molecule has 2 N–H and O–H groups in total. The summed E-state index contributed by atoms with van der Waals surface area (Å²) in [6.45, 7) is 4.86. The van der Waals surface area contributed by atoms with Crippen LogP contribution >= 0.6 is 11.6 Å². The van der Waals surface area contributed by atoms with Crippen LogP contribution in [0.1, 0.15) is 41.4 Å². The molecule has 30 heavy (non-hydrogen) atoms. The first kappa shape index (κ1) is 23.5. The van der Waals surface area contributed by atoms with Gasteiger partial charge in [-0.25, -0.2) is 9.59 Å². The standard InChI is InChI=1S/C22H26ClNO6/c1-14(2)13-30-19-11-16(9-17(12-19)21(25)26)20(15-5-4-6-18(23)10-15)29-8-7-24-22(27)28-3/h4-6,9-12,14,20H,7-8,13H2,1-3H3,(H,24,27)(H,25,26). The van der Waals surface area contributed by atoms with Crippen LogP contribution in [0.2, 0.25) is 5.02 Å². The quantitative estimate of drug-likeness (QED) is 0.532. The molecule has 0 aliphatic rings. The molecule has 1 atom stereocenters. The monoisotopic (exact) mass is 435 g/mol. The van der Waals surface area contributed by atoms with Crippen molar-refractivity contribution in [1.29, 1.82) is 0 Å². The number of aromatic carboxylic acids is 1. The van der Waals surface area contributed by atoms with E-state index in [1.165, 1.54) is 13.2 Å². The summed E-state index contributed by atoms with van der Waals surface area (Å²) in [4.78, 5) is 22.9. The van der Waals surface area contributed by atoms with Crippen LogP contribution in [0, 0.1) is 5.92 Å². The summed E-state index contributed by atoms with van der Waals surface area (Å²) in [5.74, 6) is -0.336. The molecule has 0 saturated carbocycles. The number of rotatable bonds is 10. The van der Waals surface area contributed by atoms with Gasteiger partial charge < -0.3 is 24.6 Å². The first-order chi connectivity index (χ1) is 14.3. The minimum Gasteiger partial charge on any atom is -0.493 e. The van der Waals surface area contributed by atoms with E-state index in [0.29, 0.717) is 22.9 Å². The number of hydrogen-bond acceptors (Lipinski definition) is 5. The highest BCUT2D eigenvalue weighted by Gasteiger charge is 2.19. The lowest BCUT2D eigenvalue weighted by Gasteiger charge is -2.21. The molecule has 8 heteroatoms. The molecule has 0 heterocycles. The minimum atomic E-state index is -1.07. The number of carboxylic acid groups (broad SMARTS) is 1. The van der Waals surface area contributed by atoms with E-state index in [2.05, 4.69) is 10.1 Å². The summed E-state index contributed by atoms with van der Waals surface area (Å²) < 4.78 is 16.3. The zero-order chi connectivity index (χ0) is 22.1. The minimum absolute atomic E-state index is 0.0922. The van der Waals surface area contributed by atoms with Gasteiger partial charge in [-0.1, -0.05) is 37.6 Å². The number of carbonyl (C=O) groups is 2. The molecule has 0 saturated heterocycles. The van der Waals surface area contributed by atoms with Gasteiger partial charge >= 0.3 is 12.1 Å². The van der Waals surface area contributed by atoms with Crippen LogP contribution in [0.25, 0.3) is 0 Å². The van der Waals surface area contributed by atoms with E-state index >= 15 is 0 Å². The van der Waals surface area contributed by atoms with Crippen molar-refractivity contribution >= 4 is 23.7 Å². The molecule has 7 nitrogen and oxygen atoms in total. The molecule has 0 aromatic heterocycles. The first-order valence-corrected chi connectivity index (χ1v) is 9.88. The van der Waals surface area contributed by atoms with E-state index in [9.17, 15) is 14.7 Å². The van der Waals surface area contributed by atoms with Crippen molar-refractivity contribution in [2.24, 2.45) is 5.92 Å². The lowest BCUT2D eigenvalue weighted by molar-refractivity contribution is 0.0692. The predicted molar refractivity (Wildman–Crippen MR) is 113 cm³/mol. The molecule has 2 rings (SSSR count). The van der Waals surface area contributed by atoms with Crippen molar-refractivity contribution in [3.63, 3.8) is 0 Å². The maximum absolute atomic E-state index is 11.6. The Balaban J connectivity index is 2.35. The molecule has 0 bridgehead atoms. The number of benzene rings is 2. The molecule has 0 fully saturated rings. The number of carboxylic acids is 1. The van der Waals surface area contributed by atoms with Gasteiger partial charge in [0.25, 0.3) is 0 Å². The normalized spacial score (nSPS) is 11.8. The average Bonchev–Trinajstić information content (AvgIpc) is 2.71. The van der Waals surface area contributed by atoms with Crippen LogP contribution in [-0.2, 0) is 9.47 Å². The van der Waals surface area contributed by atoms with Gasteiger partial charge in [0.15, 0.2) is 0 Å². The first-order valence-electron chi connectivity index (χ1n) is 9.50. The van der Waals surface area contributed by atoms with E-state index < -0.39 is 18.2 Å². The van der Waals surface area contributed by atoms with Crippen LogP contribution in [0.3, 0.4) is 0 Å². The molecule has 0 radical (unpaired) electrons. The summed E-state index contributed by atoms with van der Waals surface area (Å²) in [6, 6.07) is 11.9. The molecular weight excluding hydrogens is 410 g/mol. The van der Waals surface area contributed by atoms with Crippen LogP contribution in [0.4, 0.5) is 4.79 Å². The highest BCUT2D eigenvalue weighted by atomic mass is 35.5. The average molecular weight is 436 g/mol. The Labute approximate surface area is 180 Å². The number of hydrogen-bond donors (Lipinski definition) is 2. The molecule has 2 aromatic carbocycles. The number of halogens is 1. The number of methoxy groups -OCH3 is 1. The van der Waals surface area contributed by atoms with Gasteiger partial charge in [-0.15, -0.1) is 0 Å². The van der Waals surface area contributed by atoms with Crippen LogP contribution in [-0.4, -0.2) is 44.0 Å². The van der Waals surface area contributed by atoms with Crippen LogP contribution in [0.5, 0.6) is 5.75 Å². The second-order valence-electron chi connectivity index (χ2n) is 7.02. The fraction of sp³-hybridized carbons (Fsp3) is 0.364. The van der Waals surface area contributed by atoms with Crippen molar-refractivity contribution < 1.29 is 28.9 Å². The zero-order valence-corrected chi connectivity index (χ0v) is 17.9. The largest absolute Gasteiger partial charge is 0.493 e.